The zero-order valence-electron chi connectivity index (χ0n) is 15.3. The van der Waals surface area contributed by atoms with Crippen LogP contribution in [0.15, 0.2) is 0 Å². The minimum Gasteiger partial charge on any atom is -0.389 e. The Hall–Kier alpha value is -0.480. The summed E-state index contributed by atoms with van der Waals surface area (Å²) in [6.45, 7) is -1.21. The summed E-state index contributed by atoms with van der Waals surface area (Å²) in [6, 6.07) is 0. The number of ether oxygens (including phenoxy) is 3. The van der Waals surface area contributed by atoms with Crippen LogP contribution < -0.4 is 17.2 Å². The van der Waals surface area contributed by atoms with Gasteiger partial charge in [-0.3, -0.25) is 0 Å². The minimum absolute atomic E-state index is 0.0741. The largest absolute Gasteiger partial charge is 0.389 e. The summed E-state index contributed by atoms with van der Waals surface area (Å²) in [5, 5.41) is 57.1. The fraction of sp³-hybridized carbons (Fsp3) is 1.00. The molecule has 6 atom stereocenters. The molecule has 12 N–H and O–H groups in total. The van der Waals surface area contributed by atoms with Gasteiger partial charge in [0.05, 0.1) is 51.3 Å². The number of hydrogen-bond acceptors (Lipinski definition) is 12. The summed E-state index contributed by atoms with van der Waals surface area (Å²) in [4.78, 5) is 0. The Morgan fingerprint density at radius 3 is 1.15 bits per heavy atom. The Bertz CT molecular complexity index is 334. The third-order valence-corrected chi connectivity index (χ3v) is 3.74. The molecule has 0 saturated heterocycles. The van der Waals surface area contributed by atoms with E-state index < -0.39 is 42.7 Å². The molecule has 12 nitrogen and oxygen atoms in total. The first-order valence-electron chi connectivity index (χ1n) is 8.72. The molecule has 0 saturated carbocycles. The molecule has 6 unspecified atom stereocenters. The Morgan fingerprint density at radius 2 is 0.815 bits per heavy atom. The van der Waals surface area contributed by atoms with E-state index in [1.165, 1.54) is 0 Å². The molecule has 0 fully saturated rings. The molecule has 0 aromatic heterocycles. The van der Waals surface area contributed by atoms with E-state index in [0.717, 1.165) is 0 Å². The second-order valence-corrected chi connectivity index (χ2v) is 6.14. The van der Waals surface area contributed by atoms with Gasteiger partial charge in [-0.15, -0.1) is 0 Å². The molecule has 0 bridgehead atoms. The summed E-state index contributed by atoms with van der Waals surface area (Å²) < 4.78 is 15.9. The smallest absolute Gasteiger partial charge is 0.104 e. The normalized spacial score (nSPS) is 19.9. The van der Waals surface area contributed by atoms with Crippen molar-refractivity contribution in [2.24, 2.45) is 17.2 Å². The van der Waals surface area contributed by atoms with Crippen LogP contribution in [0.3, 0.4) is 0 Å². The maximum absolute atomic E-state index is 9.69. The van der Waals surface area contributed by atoms with Crippen molar-refractivity contribution in [3.05, 3.63) is 0 Å². The van der Waals surface area contributed by atoms with Crippen molar-refractivity contribution in [3.63, 3.8) is 0 Å². The molecule has 0 radical (unpaired) electrons. The molecule has 164 valence electrons. The van der Waals surface area contributed by atoms with Crippen molar-refractivity contribution < 1.29 is 44.8 Å². The molecule has 0 spiro atoms. The van der Waals surface area contributed by atoms with Gasteiger partial charge < -0.3 is 62.1 Å². The van der Waals surface area contributed by atoms with E-state index in [-0.39, 0.29) is 52.7 Å². The van der Waals surface area contributed by atoms with Crippen LogP contribution in [0.5, 0.6) is 0 Å². The Labute approximate surface area is 158 Å². The van der Waals surface area contributed by atoms with Gasteiger partial charge in [0.15, 0.2) is 0 Å². The van der Waals surface area contributed by atoms with E-state index in [9.17, 15) is 30.6 Å². The molecular formula is C15H35N3O9. The lowest BCUT2D eigenvalue weighted by molar-refractivity contribution is -0.120. The highest BCUT2D eigenvalue weighted by Crippen LogP contribution is 2.03. The topological polar surface area (TPSA) is 227 Å². The van der Waals surface area contributed by atoms with Crippen molar-refractivity contribution in [1.29, 1.82) is 0 Å². The van der Waals surface area contributed by atoms with E-state index in [1.807, 2.05) is 0 Å². The standard InChI is InChI=1S/C15H35N3O9/c16-1-10(19)13(22)6-25-4-9(27-8-15(24)12(21)3-18)5-26-7-14(23)11(20)2-17/h9-15,19-24H,1-8,16-18H2. The third-order valence-electron chi connectivity index (χ3n) is 3.74. The van der Waals surface area contributed by atoms with Gasteiger partial charge in [-0.2, -0.15) is 0 Å². The molecule has 0 amide bonds. The minimum atomic E-state index is -1.22. The monoisotopic (exact) mass is 401 g/mol. The molecule has 0 aromatic carbocycles. The predicted octanol–water partition coefficient (Wildman–Crippen LogP) is -5.55. The fourth-order valence-corrected chi connectivity index (χ4v) is 1.82. The van der Waals surface area contributed by atoms with Crippen LogP contribution in [0, 0.1) is 0 Å². The second-order valence-electron chi connectivity index (χ2n) is 6.14. The summed E-state index contributed by atoms with van der Waals surface area (Å²) in [5.74, 6) is 0. The summed E-state index contributed by atoms with van der Waals surface area (Å²) in [7, 11) is 0. The summed E-state index contributed by atoms with van der Waals surface area (Å²) in [6.07, 6.45) is -7.72. The van der Waals surface area contributed by atoms with Crippen LogP contribution in [0.2, 0.25) is 0 Å². The average molecular weight is 401 g/mol. The van der Waals surface area contributed by atoms with Crippen molar-refractivity contribution >= 4 is 0 Å². The van der Waals surface area contributed by atoms with Crippen molar-refractivity contribution in [1.82, 2.24) is 0 Å². The Morgan fingerprint density at radius 1 is 0.481 bits per heavy atom. The Kier molecular flexibility index (Phi) is 15.2. The first-order valence-corrected chi connectivity index (χ1v) is 8.72. The lowest BCUT2D eigenvalue weighted by Gasteiger charge is -2.24. The zero-order chi connectivity index (χ0) is 20.8. The van der Waals surface area contributed by atoms with Crippen LogP contribution in [0.25, 0.3) is 0 Å². The lowest BCUT2D eigenvalue weighted by Crippen LogP contribution is -2.41. The van der Waals surface area contributed by atoms with Gasteiger partial charge in [-0.05, 0) is 0 Å². The van der Waals surface area contributed by atoms with E-state index >= 15 is 0 Å². The van der Waals surface area contributed by atoms with Crippen LogP contribution in [0.1, 0.15) is 0 Å². The van der Waals surface area contributed by atoms with Gasteiger partial charge >= 0.3 is 0 Å². The highest BCUT2D eigenvalue weighted by Gasteiger charge is 2.21. The molecule has 0 aromatic rings. The Balaban J connectivity index is 4.43. The molecular weight excluding hydrogens is 366 g/mol. The third kappa shape index (κ3) is 11.8. The molecule has 0 heterocycles. The van der Waals surface area contributed by atoms with Crippen molar-refractivity contribution in [2.75, 3.05) is 52.7 Å². The maximum atomic E-state index is 9.69. The number of aliphatic hydroxyl groups excluding tert-OH is 6. The highest BCUT2D eigenvalue weighted by atomic mass is 16.6. The molecule has 0 aliphatic rings. The average Bonchev–Trinajstić information content (AvgIpc) is 2.68. The van der Waals surface area contributed by atoms with E-state index in [2.05, 4.69) is 0 Å². The first kappa shape index (κ1) is 26.5. The number of nitrogens with two attached hydrogens (primary N) is 3. The van der Waals surface area contributed by atoms with Gasteiger partial charge in [0.25, 0.3) is 0 Å². The summed E-state index contributed by atoms with van der Waals surface area (Å²) in [5.41, 5.74) is 15.7. The fourth-order valence-electron chi connectivity index (χ4n) is 1.82. The SMILES string of the molecule is NCC(O)C(O)COCC(COCC(O)C(O)CN)OCC(O)C(O)CN. The van der Waals surface area contributed by atoms with Crippen LogP contribution >= 0.6 is 0 Å². The van der Waals surface area contributed by atoms with Gasteiger partial charge in [0.2, 0.25) is 0 Å². The van der Waals surface area contributed by atoms with Crippen molar-refractivity contribution in [3.8, 4) is 0 Å². The van der Waals surface area contributed by atoms with Crippen LogP contribution in [0.4, 0.5) is 0 Å². The highest BCUT2D eigenvalue weighted by molar-refractivity contribution is 4.71. The second kappa shape index (κ2) is 15.4. The maximum Gasteiger partial charge on any atom is 0.104 e. The van der Waals surface area contributed by atoms with E-state index in [1.54, 1.807) is 0 Å². The first-order chi connectivity index (χ1) is 12.8. The molecule has 0 aliphatic heterocycles. The van der Waals surface area contributed by atoms with Crippen molar-refractivity contribution in [2.45, 2.75) is 42.7 Å². The predicted molar refractivity (Wildman–Crippen MR) is 94.6 cm³/mol. The summed E-state index contributed by atoms with van der Waals surface area (Å²) >= 11 is 0. The van der Waals surface area contributed by atoms with E-state index in [4.69, 9.17) is 31.4 Å². The zero-order valence-corrected chi connectivity index (χ0v) is 15.3. The van der Waals surface area contributed by atoms with Gasteiger partial charge in [-0.25, -0.2) is 0 Å². The number of hydrogen-bond donors (Lipinski definition) is 9. The molecule has 0 rings (SSSR count). The van der Waals surface area contributed by atoms with Crippen LogP contribution in [-0.4, -0.2) is 126 Å². The number of aliphatic hydroxyl groups is 6. The van der Waals surface area contributed by atoms with Gasteiger partial charge in [0.1, 0.15) is 24.4 Å². The molecule has 27 heavy (non-hydrogen) atoms. The lowest BCUT2D eigenvalue weighted by atomic mass is 10.2. The quantitative estimate of drug-likeness (QED) is 0.111. The number of rotatable bonds is 17. The van der Waals surface area contributed by atoms with E-state index in [0.29, 0.717) is 0 Å². The van der Waals surface area contributed by atoms with Gasteiger partial charge in [-0.1, -0.05) is 0 Å². The molecule has 0 aliphatic carbocycles. The van der Waals surface area contributed by atoms with Crippen LogP contribution in [-0.2, 0) is 14.2 Å². The molecule has 12 heteroatoms. The van der Waals surface area contributed by atoms with Gasteiger partial charge in [0, 0.05) is 19.6 Å².